The monoisotopic (exact) mass is 562 g/mol. The van der Waals surface area contributed by atoms with Crippen LogP contribution in [-0.4, -0.2) is 49.7 Å². The molecule has 212 valence electrons. The van der Waals surface area contributed by atoms with Crippen molar-refractivity contribution in [1.82, 2.24) is 5.17 Å². The van der Waals surface area contributed by atoms with Crippen molar-refractivity contribution in [1.29, 1.82) is 0 Å². The van der Waals surface area contributed by atoms with E-state index in [0.29, 0.717) is 37.0 Å². The van der Waals surface area contributed by atoms with Crippen LogP contribution in [0.2, 0.25) is 0 Å². The van der Waals surface area contributed by atoms with Crippen LogP contribution in [0.4, 0.5) is 0 Å². The molecule has 0 bridgehead atoms. The van der Waals surface area contributed by atoms with E-state index in [0.717, 1.165) is 47.0 Å². The van der Waals surface area contributed by atoms with Gasteiger partial charge in [-0.1, -0.05) is 59.8 Å². The summed E-state index contributed by atoms with van der Waals surface area (Å²) >= 11 is 0. The van der Waals surface area contributed by atoms with E-state index in [4.69, 9.17) is 28.5 Å². The molecule has 7 rings (SSSR count). The third-order valence-corrected chi connectivity index (χ3v) is 6.93. The van der Waals surface area contributed by atoms with E-state index in [1.54, 1.807) is 6.20 Å². The van der Waals surface area contributed by atoms with Gasteiger partial charge < -0.3 is 28.5 Å². The van der Waals surface area contributed by atoms with E-state index in [-0.39, 0.29) is 12.2 Å². The first-order valence-electron chi connectivity index (χ1n) is 14.0. The van der Waals surface area contributed by atoms with Crippen LogP contribution in [0.25, 0.3) is 22.3 Å². The average molecular weight is 563 g/mol. The Kier molecular flexibility index (Phi) is 7.45. The Hall–Kier alpha value is -4.79. The van der Waals surface area contributed by atoms with Crippen molar-refractivity contribution in [3.05, 3.63) is 109 Å². The maximum Gasteiger partial charge on any atom is 0.219 e. The molecule has 8 nitrogen and oxygen atoms in total. The lowest BCUT2D eigenvalue weighted by Gasteiger charge is -2.20. The van der Waals surface area contributed by atoms with Gasteiger partial charge >= 0.3 is 0 Å². The van der Waals surface area contributed by atoms with Crippen molar-refractivity contribution in [2.45, 2.75) is 18.6 Å². The van der Waals surface area contributed by atoms with Gasteiger partial charge in [0.05, 0.1) is 19.4 Å². The zero-order valence-corrected chi connectivity index (χ0v) is 22.9. The van der Waals surface area contributed by atoms with Crippen molar-refractivity contribution in [2.24, 2.45) is 5.10 Å². The Bertz CT molecular complexity index is 1540. The van der Waals surface area contributed by atoms with Crippen molar-refractivity contribution >= 4 is 5.90 Å². The molecule has 3 heterocycles. The van der Waals surface area contributed by atoms with Crippen molar-refractivity contribution in [2.75, 3.05) is 26.4 Å². The molecule has 2 unspecified atom stereocenters. The normalized spacial score (nSPS) is 18.7. The summed E-state index contributed by atoms with van der Waals surface area (Å²) in [5.41, 5.74) is 4.37. The number of hydrazone groups is 1. The second-order valence-corrected chi connectivity index (χ2v) is 10.2. The Morgan fingerprint density at radius 1 is 0.595 bits per heavy atom. The van der Waals surface area contributed by atoms with Gasteiger partial charge in [0.2, 0.25) is 5.90 Å². The summed E-state index contributed by atoms with van der Waals surface area (Å²) in [5, 5.41) is 5.91. The SMILES string of the molecule is C1=CN(Oc2ccc(-c3ccc(OCC4CO4)cc3)cc2)N=C(Oc2ccc(-c3ccc(OCC4CO4)cc3)cc2)C1. The molecule has 2 fully saturated rings. The maximum absolute atomic E-state index is 6.04. The fraction of sp³-hybridized carbons (Fsp3) is 0.206. The van der Waals surface area contributed by atoms with Crippen LogP contribution in [0.3, 0.4) is 0 Å². The summed E-state index contributed by atoms with van der Waals surface area (Å²) in [4.78, 5) is 5.94. The predicted octanol–water partition coefficient (Wildman–Crippen LogP) is 6.48. The second kappa shape index (κ2) is 12.0. The Morgan fingerprint density at radius 3 is 1.48 bits per heavy atom. The molecule has 3 aliphatic rings. The van der Waals surface area contributed by atoms with E-state index >= 15 is 0 Å². The van der Waals surface area contributed by atoms with Gasteiger partial charge in [0, 0.05) is 6.42 Å². The molecule has 42 heavy (non-hydrogen) atoms. The van der Waals surface area contributed by atoms with Crippen LogP contribution in [-0.2, 0) is 9.47 Å². The summed E-state index contributed by atoms with van der Waals surface area (Å²) in [5.74, 6) is 3.60. The summed E-state index contributed by atoms with van der Waals surface area (Å²) in [6.07, 6.45) is 4.79. The first kappa shape index (κ1) is 26.1. The van der Waals surface area contributed by atoms with Crippen LogP contribution in [0.5, 0.6) is 23.0 Å². The fourth-order valence-electron chi connectivity index (χ4n) is 4.40. The number of nitrogens with zero attached hydrogens (tertiary/aromatic N) is 2. The van der Waals surface area contributed by atoms with E-state index in [2.05, 4.69) is 5.10 Å². The molecular formula is C34H30N2O6. The van der Waals surface area contributed by atoms with Crippen LogP contribution < -0.4 is 19.0 Å². The van der Waals surface area contributed by atoms with Crippen molar-refractivity contribution in [3.8, 4) is 45.3 Å². The summed E-state index contributed by atoms with van der Waals surface area (Å²) in [6.45, 7) is 2.78. The molecule has 2 saturated heterocycles. The lowest BCUT2D eigenvalue weighted by molar-refractivity contribution is -0.00875. The molecular weight excluding hydrogens is 532 g/mol. The first-order valence-corrected chi connectivity index (χ1v) is 14.0. The number of rotatable bonds is 11. The molecule has 0 N–H and O–H groups in total. The molecule has 0 aliphatic carbocycles. The van der Waals surface area contributed by atoms with Gasteiger partial charge in [-0.05, 0) is 70.8 Å². The minimum atomic E-state index is 0.244. The minimum Gasteiger partial charge on any atom is -0.491 e. The van der Waals surface area contributed by atoms with Crippen LogP contribution in [0.1, 0.15) is 6.42 Å². The number of benzene rings is 4. The van der Waals surface area contributed by atoms with E-state index in [9.17, 15) is 0 Å². The molecule has 8 heteroatoms. The fourth-order valence-corrected chi connectivity index (χ4v) is 4.40. The zero-order chi connectivity index (χ0) is 28.1. The van der Waals surface area contributed by atoms with Gasteiger partial charge in [-0.15, -0.1) is 5.10 Å². The highest BCUT2D eigenvalue weighted by atomic mass is 16.7. The van der Waals surface area contributed by atoms with Crippen LogP contribution in [0, 0.1) is 0 Å². The molecule has 3 aliphatic heterocycles. The van der Waals surface area contributed by atoms with E-state index in [1.807, 2.05) is 103 Å². The largest absolute Gasteiger partial charge is 0.491 e. The van der Waals surface area contributed by atoms with Crippen molar-refractivity contribution in [3.63, 3.8) is 0 Å². The maximum atomic E-state index is 6.04. The quantitative estimate of drug-likeness (QED) is 0.194. The van der Waals surface area contributed by atoms with Crippen molar-refractivity contribution < 1.29 is 28.5 Å². The smallest absolute Gasteiger partial charge is 0.219 e. The lowest BCUT2D eigenvalue weighted by Crippen LogP contribution is -2.23. The number of hydrogen-bond acceptors (Lipinski definition) is 8. The molecule has 0 amide bonds. The summed E-state index contributed by atoms with van der Waals surface area (Å²) in [7, 11) is 0. The molecule has 0 saturated carbocycles. The van der Waals surface area contributed by atoms with Gasteiger partial charge in [-0.25, -0.2) is 0 Å². The second-order valence-electron chi connectivity index (χ2n) is 10.2. The standard InChI is InChI=1S/C34H30N2O6/c1-2-34(41-30-15-7-26(8-16-30)24-3-11-28(12-4-24)37-20-32-22-39-32)35-36(19-1)42-31-17-9-27(10-18-31)25-5-13-29(14-6-25)38-21-33-23-40-33/h1,3-19,32-33H,2,20-23H2. The molecule has 0 radical (unpaired) electrons. The van der Waals surface area contributed by atoms with Gasteiger partial charge in [0.1, 0.15) is 42.7 Å². The van der Waals surface area contributed by atoms with Crippen LogP contribution >= 0.6 is 0 Å². The van der Waals surface area contributed by atoms with Crippen LogP contribution in [0.15, 0.2) is 114 Å². The first-order chi connectivity index (χ1) is 20.7. The van der Waals surface area contributed by atoms with Gasteiger partial charge in [0.25, 0.3) is 0 Å². The number of hydrogen-bond donors (Lipinski definition) is 0. The molecule has 0 aromatic heterocycles. The summed E-state index contributed by atoms with van der Waals surface area (Å²) < 4.78 is 27.9. The molecule has 2 atom stereocenters. The number of hydroxylamine groups is 1. The zero-order valence-electron chi connectivity index (χ0n) is 22.9. The Labute approximate surface area is 244 Å². The van der Waals surface area contributed by atoms with E-state index in [1.165, 1.54) is 5.17 Å². The Morgan fingerprint density at radius 2 is 1.02 bits per heavy atom. The highest BCUT2D eigenvalue weighted by Gasteiger charge is 2.23. The highest BCUT2D eigenvalue weighted by molar-refractivity contribution is 5.80. The lowest BCUT2D eigenvalue weighted by atomic mass is 10.1. The average Bonchev–Trinajstić information content (AvgIpc) is 3.97. The summed E-state index contributed by atoms with van der Waals surface area (Å²) in [6, 6.07) is 31.9. The Balaban J connectivity index is 0.924. The van der Waals surface area contributed by atoms with Gasteiger partial charge in [-0.3, -0.25) is 0 Å². The third kappa shape index (κ3) is 6.91. The highest BCUT2D eigenvalue weighted by Crippen LogP contribution is 2.28. The van der Waals surface area contributed by atoms with Gasteiger partial charge in [0.15, 0.2) is 5.75 Å². The topological polar surface area (TPSA) is 77.6 Å². The molecule has 4 aromatic rings. The van der Waals surface area contributed by atoms with E-state index < -0.39 is 0 Å². The molecule has 0 spiro atoms. The number of ether oxygens (including phenoxy) is 5. The number of epoxide rings is 2. The minimum absolute atomic E-state index is 0.244. The van der Waals surface area contributed by atoms with Gasteiger partial charge in [-0.2, -0.15) is 0 Å². The third-order valence-electron chi connectivity index (χ3n) is 6.93. The molecule has 4 aromatic carbocycles. The predicted molar refractivity (Wildman–Crippen MR) is 159 cm³/mol.